The van der Waals surface area contributed by atoms with Crippen molar-refractivity contribution in [1.82, 2.24) is 19.7 Å². The number of hydrogen-bond donors (Lipinski definition) is 2. The summed E-state index contributed by atoms with van der Waals surface area (Å²) in [6.45, 7) is 3.54. The molecule has 0 atom stereocenters. The molecule has 0 fully saturated rings. The minimum absolute atomic E-state index is 0.162. The molecule has 2 heterocycles. The SMILES string of the molecule is CCCc1nn(C)c2c(NCc3ccccc3)nc(COCCCCC(=O)O)nc12. The maximum atomic E-state index is 10.6. The van der Waals surface area contributed by atoms with Crippen molar-refractivity contribution in [2.45, 2.75) is 52.2 Å². The first kappa shape index (κ1) is 21.7. The monoisotopic (exact) mass is 411 g/mol. The van der Waals surface area contributed by atoms with Gasteiger partial charge in [-0.2, -0.15) is 5.10 Å². The number of nitrogens with zero attached hydrogens (tertiary/aromatic N) is 4. The van der Waals surface area contributed by atoms with Crippen LogP contribution >= 0.6 is 0 Å². The number of ether oxygens (including phenoxy) is 1. The lowest BCUT2D eigenvalue weighted by Gasteiger charge is -2.10. The zero-order valence-corrected chi connectivity index (χ0v) is 17.6. The fourth-order valence-corrected chi connectivity index (χ4v) is 3.31. The molecule has 2 N–H and O–H groups in total. The Balaban J connectivity index is 1.77. The van der Waals surface area contributed by atoms with Crippen LogP contribution in [0.15, 0.2) is 30.3 Å². The predicted molar refractivity (Wildman–Crippen MR) is 115 cm³/mol. The van der Waals surface area contributed by atoms with Gasteiger partial charge in [-0.25, -0.2) is 9.97 Å². The van der Waals surface area contributed by atoms with E-state index in [0.29, 0.717) is 31.8 Å². The number of carboxylic acids is 1. The number of anilines is 1. The van der Waals surface area contributed by atoms with E-state index in [1.165, 1.54) is 0 Å². The molecule has 0 saturated heterocycles. The van der Waals surface area contributed by atoms with Gasteiger partial charge in [0.2, 0.25) is 0 Å². The number of hydrogen-bond acceptors (Lipinski definition) is 6. The molecule has 3 aromatic rings. The van der Waals surface area contributed by atoms with Gasteiger partial charge in [-0.3, -0.25) is 9.48 Å². The summed E-state index contributed by atoms with van der Waals surface area (Å²) in [7, 11) is 1.91. The van der Waals surface area contributed by atoms with Crippen LogP contribution in [0.1, 0.15) is 49.7 Å². The molecular weight excluding hydrogens is 382 g/mol. The fraction of sp³-hybridized carbons (Fsp3) is 0.455. The average Bonchev–Trinajstić information content (AvgIpc) is 3.05. The summed E-state index contributed by atoms with van der Waals surface area (Å²) in [5, 5.41) is 16.8. The van der Waals surface area contributed by atoms with Crippen molar-refractivity contribution in [2.24, 2.45) is 7.05 Å². The maximum absolute atomic E-state index is 10.6. The molecule has 160 valence electrons. The summed E-state index contributed by atoms with van der Waals surface area (Å²) in [6, 6.07) is 10.2. The molecule has 0 amide bonds. The van der Waals surface area contributed by atoms with E-state index in [-0.39, 0.29) is 13.0 Å². The van der Waals surface area contributed by atoms with E-state index in [1.807, 2.05) is 29.9 Å². The van der Waals surface area contributed by atoms with Gasteiger partial charge in [0, 0.05) is 26.6 Å². The Bertz CT molecular complexity index is 972. The molecule has 0 radical (unpaired) electrons. The Hall–Kier alpha value is -3.00. The molecule has 0 saturated carbocycles. The van der Waals surface area contributed by atoms with E-state index in [4.69, 9.17) is 19.8 Å². The minimum Gasteiger partial charge on any atom is -0.481 e. The maximum Gasteiger partial charge on any atom is 0.303 e. The normalized spacial score (nSPS) is 11.1. The molecule has 3 rings (SSSR count). The molecule has 0 unspecified atom stereocenters. The van der Waals surface area contributed by atoms with E-state index >= 15 is 0 Å². The number of rotatable bonds is 12. The topological polar surface area (TPSA) is 102 Å². The number of benzene rings is 1. The third-order valence-corrected chi connectivity index (χ3v) is 4.75. The van der Waals surface area contributed by atoms with Gasteiger partial charge in [-0.1, -0.05) is 43.7 Å². The van der Waals surface area contributed by atoms with Crippen LogP contribution in [0, 0.1) is 0 Å². The summed E-state index contributed by atoms with van der Waals surface area (Å²) in [4.78, 5) is 20.0. The van der Waals surface area contributed by atoms with Gasteiger partial charge in [0.05, 0.1) is 5.69 Å². The highest BCUT2D eigenvalue weighted by Gasteiger charge is 2.17. The minimum atomic E-state index is -0.780. The number of aliphatic carboxylic acids is 1. The highest BCUT2D eigenvalue weighted by Crippen LogP contribution is 2.24. The van der Waals surface area contributed by atoms with Gasteiger partial charge in [-0.05, 0) is 24.8 Å². The standard InChI is InChI=1S/C22H29N5O3/c1-3-9-17-20-21(27(2)26-17)22(23-14-16-10-5-4-6-11-16)25-18(24-20)15-30-13-8-7-12-19(28)29/h4-6,10-11H,3,7-9,12-15H2,1-2H3,(H,28,29)(H,23,24,25). The summed E-state index contributed by atoms with van der Waals surface area (Å²) in [6.07, 6.45) is 3.29. The zero-order valence-electron chi connectivity index (χ0n) is 17.6. The van der Waals surface area contributed by atoms with Crippen LogP contribution in [0.2, 0.25) is 0 Å². The van der Waals surface area contributed by atoms with E-state index in [0.717, 1.165) is 41.0 Å². The molecule has 0 spiro atoms. The van der Waals surface area contributed by atoms with Gasteiger partial charge in [0.25, 0.3) is 0 Å². The Morgan fingerprint density at radius 2 is 2.00 bits per heavy atom. The number of nitrogens with one attached hydrogen (secondary N) is 1. The van der Waals surface area contributed by atoms with Crippen molar-refractivity contribution < 1.29 is 14.6 Å². The highest BCUT2D eigenvalue weighted by molar-refractivity contribution is 5.87. The van der Waals surface area contributed by atoms with Crippen molar-refractivity contribution >= 4 is 22.8 Å². The largest absolute Gasteiger partial charge is 0.481 e. The van der Waals surface area contributed by atoms with Gasteiger partial charge >= 0.3 is 5.97 Å². The molecule has 30 heavy (non-hydrogen) atoms. The summed E-state index contributed by atoms with van der Waals surface area (Å²) < 4.78 is 7.54. The second-order valence-corrected chi connectivity index (χ2v) is 7.25. The smallest absolute Gasteiger partial charge is 0.303 e. The van der Waals surface area contributed by atoms with Crippen molar-refractivity contribution in [3.8, 4) is 0 Å². The molecule has 0 bridgehead atoms. The van der Waals surface area contributed by atoms with Crippen molar-refractivity contribution in [2.75, 3.05) is 11.9 Å². The van der Waals surface area contributed by atoms with E-state index in [2.05, 4.69) is 29.5 Å². The lowest BCUT2D eigenvalue weighted by molar-refractivity contribution is -0.137. The first-order valence-corrected chi connectivity index (χ1v) is 10.4. The molecule has 0 aliphatic carbocycles. The van der Waals surface area contributed by atoms with Crippen LogP contribution in [-0.2, 0) is 36.2 Å². The van der Waals surface area contributed by atoms with E-state index < -0.39 is 5.97 Å². The number of carboxylic acid groups (broad SMARTS) is 1. The second-order valence-electron chi connectivity index (χ2n) is 7.25. The molecule has 8 nitrogen and oxygen atoms in total. The Kier molecular flexibility index (Phi) is 7.73. The lowest BCUT2D eigenvalue weighted by Crippen LogP contribution is -2.08. The first-order chi connectivity index (χ1) is 14.6. The number of aryl methyl sites for hydroxylation is 2. The molecule has 0 aliphatic rings. The van der Waals surface area contributed by atoms with E-state index in [1.54, 1.807) is 0 Å². The van der Waals surface area contributed by atoms with Crippen molar-refractivity contribution in [3.05, 3.63) is 47.4 Å². The summed E-state index contributed by atoms with van der Waals surface area (Å²) in [5.41, 5.74) is 3.87. The van der Waals surface area contributed by atoms with Gasteiger partial charge < -0.3 is 15.2 Å². The lowest BCUT2D eigenvalue weighted by atomic mass is 10.2. The number of unbranched alkanes of at least 4 members (excludes halogenated alkanes) is 1. The van der Waals surface area contributed by atoms with Crippen LogP contribution < -0.4 is 5.32 Å². The quantitative estimate of drug-likeness (QED) is 0.438. The predicted octanol–water partition coefficient (Wildman–Crippen LogP) is 3.70. The summed E-state index contributed by atoms with van der Waals surface area (Å²) >= 11 is 0. The van der Waals surface area contributed by atoms with Crippen molar-refractivity contribution in [3.63, 3.8) is 0 Å². The third-order valence-electron chi connectivity index (χ3n) is 4.75. The molecule has 0 aliphatic heterocycles. The van der Waals surface area contributed by atoms with Gasteiger partial charge in [-0.15, -0.1) is 0 Å². The molecule has 8 heteroatoms. The van der Waals surface area contributed by atoms with Crippen LogP contribution in [-0.4, -0.2) is 37.4 Å². The van der Waals surface area contributed by atoms with Gasteiger partial charge in [0.1, 0.15) is 17.6 Å². The van der Waals surface area contributed by atoms with Crippen LogP contribution in [0.5, 0.6) is 0 Å². The molecule has 2 aromatic heterocycles. The highest BCUT2D eigenvalue weighted by atomic mass is 16.5. The van der Waals surface area contributed by atoms with E-state index in [9.17, 15) is 4.79 Å². The van der Waals surface area contributed by atoms with Gasteiger partial charge in [0.15, 0.2) is 11.6 Å². The van der Waals surface area contributed by atoms with Crippen molar-refractivity contribution in [1.29, 1.82) is 0 Å². The fourth-order valence-electron chi connectivity index (χ4n) is 3.31. The number of carbonyl (C=O) groups is 1. The molecular formula is C22H29N5O3. The van der Waals surface area contributed by atoms with Crippen LogP contribution in [0.3, 0.4) is 0 Å². The summed E-state index contributed by atoms with van der Waals surface area (Å²) in [5.74, 6) is 0.560. The average molecular weight is 412 g/mol. The first-order valence-electron chi connectivity index (χ1n) is 10.4. The molecule has 1 aromatic carbocycles. The van der Waals surface area contributed by atoms with Crippen LogP contribution in [0.25, 0.3) is 11.0 Å². The Labute approximate surface area is 176 Å². The third kappa shape index (κ3) is 5.76. The Morgan fingerprint density at radius 3 is 2.73 bits per heavy atom. The number of aromatic nitrogens is 4. The second kappa shape index (κ2) is 10.7. The van der Waals surface area contributed by atoms with Crippen LogP contribution in [0.4, 0.5) is 5.82 Å². The zero-order chi connectivity index (χ0) is 21.3. The number of fused-ring (bicyclic) bond motifs is 1. The Morgan fingerprint density at radius 1 is 1.20 bits per heavy atom.